The summed E-state index contributed by atoms with van der Waals surface area (Å²) in [4.78, 5) is 2.58. The van der Waals surface area contributed by atoms with Crippen molar-refractivity contribution in [3.63, 3.8) is 0 Å². The summed E-state index contributed by atoms with van der Waals surface area (Å²) in [6.45, 7) is 12.8. The highest BCUT2D eigenvalue weighted by molar-refractivity contribution is 4.91. The van der Waals surface area contributed by atoms with Gasteiger partial charge < -0.3 is 10.0 Å². The van der Waals surface area contributed by atoms with Gasteiger partial charge in [0.25, 0.3) is 0 Å². The van der Waals surface area contributed by atoms with Gasteiger partial charge in [-0.15, -0.1) is 5.10 Å². The minimum atomic E-state index is -0.0233. The zero-order valence-electron chi connectivity index (χ0n) is 14.6. The Morgan fingerprint density at radius 3 is 2.55 bits per heavy atom. The van der Waals surface area contributed by atoms with Crippen molar-refractivity contribution < 1.29 is 5.11 Å². The normalized spacial score (nSPS) is 19.5. The summed E-state index contributed by atoms with van der Waals surface area (Å²) in [5, 5.41) is 17.2. The van der Waals surface area contributed by atoms with E-state index in [-0.39, 0.29) is 6.61 Å². The zero-order chi connectivity index (χ0) is 16.2. The van der Waals surface area contributed by atoms with Crippen LogP contribution in [0.15, 0.2) is 6.20 Å². The Morgan fingerprint density at radius 1 is 1.32 bits per heavy atom. The van der Waals surface area contributed by atoms with Crippen LogP contribution in [0.4, 0.5) is 0 Å². The first-order valence-corrected chi connectivity index (χ1v) is 8.61. The molecule has 0 unspecified atom stereocenters. The van der Waals surface area contributed by atoms with Crippen molar-refractivity contribution in [2.45, 2.75) is 66.0 Å². The van der Waals surface area contributed by atoms with Crippen LogP contribution in [-0.4, -0.2) is 44.6 Å². The van der Waals surface area contributed by atoms with E-state index in [4.69, 9.17) is 5.11 Å². The Labute approximate surface area is 134 Å². The molecule has 0 saturated carbocycles. The predicted octanol–water partition coefficient (Wildman–Crippen LogP) is 2.87. The largest absolute Gasteiger partial charge is 0.390 e. The lowest BCUT2D eigenvalue weighted by Gasteiger charge is -2.33. The summed E-state index contributed by atoms with van der Waals surface area (Å²) in [5.74, 6) is 0.792. The third-order valence-corrected chi connectivity index (χ3v) is 4.55. The fraction of sp³-hybridized carbons (Fsp3) is 0.882. The van der Waals surface area contributed by atoms with Gasteiger partial charge in [0.2, 0.25) is 0 Å². The van der Waals surface area contributed by atoms with Crippen molar-refractivity contribution in [3.8, 4) is 0 Å². The molecule has 126 valence electrons. The molecule has 1 N–H and O–H groups in total. The van der Waals surface area contributed by atoms with Crippen LogP contribution in [0.3, 0.4) is 0 Å². The van der Waals surface area contributed by atoms with Crippen LogP contribution in [0.5, 0.6) is 0 Å². The number of aliphatic hydroxyl groups is 1. The van der Waals surface area contributed by atoms with Crippen molar-refractivity contribution in [1.29, 1.82) is 0 Å². The van der Waals surface area contributed by atoms with Gasteiger partial charge in [-0.05, 0) is 43.6 Å². The van der Waals surface area contributed by atoms with Gasteiger partial charge in [-0.1, -0.05) is 32.9 Å². The topological polar surface area (TPSA) is 54.2 Å². The van der Waals surface area contributed by atoms with Gasteiger partial charge in [-0.2, -0.15) is 0 Å². The van der Waals surface area contributed by atoms with Crippen LogP contribution in [0.2, 0.25) is 0 Å². The molecule has 1 aliphatic rings. The van der Waals surface area contributed by atoms with E-state index in [1.54, 1.807) is 0 Å². The highest BCUT2D eigenvalue weighted by atomic mass is 16.3. The monoisotopic (exact) mass is 308 g/mol. The maximum Gasteiger partial charge on any atom is 0.108 e. The highest BCUT2D eigenvalue weighted by Gasteiger charge is 2.22. The Morgan fingerprint density at radius 2 is 2.00 bits per heavy atom. The second-order valence-electron chi connectivity index (χ2n) is 8.08. The number of rotatable bonds is 6. The Balaban J connectivity index is 1.71. The van der Waals surface area contributed by atoms with Gasteiger partial charge in [0.05, 0.1) is 18.8 Å². The van der Waals surface area contributed by atoms with Crippen LogP contribution < -0.4 is 0 Å². The molecule has 1 atom stereocenters. The lowest BCUT2D eigenvalue weighted by Crippen LogP contribution is -2.36. The summed E-state index contributed by atoms with van der Waals surface area (Å²) >= 11 is 0. The molecule has 0 radical (unpaired) electrons. The minimum absolute atomic E-state index is 0.0233. The molecular weight excluding hydrogens is 276 g/mol. The van der Waals surface area contributed by atoms with E-state index in [2.05, 4.69) is 42.9 Å². The van der Waals surface area contributed by atoms with Crippen LogP contribution >= 0.6 is 0 Å². The summed E-state index contributed by atoms with van der Waals surface area (Å²) < 4.78 is 1.94. The highest BCUT2D eigenvalue weighted by Crippen LogP contribution is 2.27. The number of hydrogen-bond donors (Lipinski definition) is 1. The first kappa shape index (κ1) is 17.4. The summed E-state index contributed by atoms with van der Waals surface area (Å²) in [6.07, 6.45) is 6.72. The molecule has 0 aliphatic carbocycles. The number of aromatic nitrogens is 3. The molecule has 5 nitrogen and oxygen atoms in total. The molecule has 0 spiro atoms. The van der Waals surface area contributed by atoms with Crippen molar-refractivity contribution >= 4 is 0 Å². The fourth-order valence-corrected chi connectivity index (χ4v) is 3.52. The van der Waals surface area contributed by atoms with E-state index in [1.165, 1.54) is 19.4 Å². The van der Waals surface area contributed by atoms with Crippen LogP contribution in [0.25, 0.3) is 0 Å². The molecule has 2 heterocycles. The number of nitrogens with zero attached hydrogens (tertiary/aromatic N) is 4. The van der Waals surface area contributed by atoms with E-state index >= 15 is 0 Å². The molecule has 22 heavy (non-hydrogen) atoms. The van der Waals surface area contributed by atoms with Gasteiger partial charge in [0.15, 0.2) is 0 Å². The molecule has 1 fully saturated rings. The molecule has 5 heteroatoms. The van der Waals surface area contributed by atoms with E-state index < -0.39 is 0 Å². The average molecular weight is 308 g/mol. The quantitative estimate of drug-likeness (QED) is 0.878. The van der Waals surface area contributed by atoms with E-state index in [0.717, 1.165) is 31.8 Å². The maximum atomic E-state index is 9.07. The molecule has 0 amide bonds. The van der Waals surface area contributed by atoms with Gasteiger partial charge >= 0.3 is 0 Å². The summed E-state index contributed by atoms with van der Waals surface area (Å²) in [7, 11) is 0. The molecule has 2 rings (SSSR count). The van der Waals surface area contributed by atoms with Crippen LogP contribution in [-0.2, 0) is 6.61 Å². The number of hydrogen-bond acceptors (Lipinski definition) is 4. The van der Waals surface area contributed by atoms with Crippen LogP contribution in [0, 0.1) is 11.3 Å². The molecule has 1 aromatic heterocycles. The van der Waals surface area contributed by atoms with E-state index in [0.29, 0.717) is 17.2 Å². The third-order valence-electron chi connectivity index (χ3n) is 4.55. The molecular formula is C17H32N4O. The van der Waals surface area contributed by atoms with Crippen molar-refractivity contribution in [2.75, 3.05) is 19.6 Å². The fourth-order valence-electron chi connectivity index (χ4n) is 3.52. The predicted molar refractivity (Wildman–Crippen MR) is 88.5 cm³/mol. The van der Waals surface area contributed by atoms with Crippen LogP contribution in [0.1, 0.15) is 65.1 Å². The van der Waals surface area contributed by atoms with Crippen molar-refractivity contribution in [1.82, 2.24) is 19.9 Å². The SMILES string of the molecule is C[C@@H](CCN1CCC(n2cc(CO)nn2)CC1)CC(C)(C)C. The summed E-state index contributed by atoms with van der Waals surface area (Å²) in [6, 6.07) is 0.441. The molecule has 0 aromatic carbocycles. The molecule has 1 aromatic rings. The lowest BCUT2D eigenvalue weighted by molar-refractivity contribution is 0.164. The Hall–Kier alpha value is -0.940. The average Bonchev–Trinajstić information content (AvgIpc) is 2.93. The van der Waals surface area contributed by atoms with Gasteiger partial charge in [-0.3, -0.25) is 0 Å². The standard InChI is InChI=1S/C17H32N4O/c1-14(11-17(2,3)4)5-8-20-9-6-16(7-10-20)21-12-15(13-22)18-19-21/h12,14,16,22H,5-11,13H2,1-4H3/t14-/m0/s1. The molecule has 1 saturated heterocycles. The summed E-state index contributed by atoms with van der Waals surface area (Å²) in [5.41, 5.74) is 1.10. The molecule has 0 bridgehead atoms. The lowest BCUT2D eigenvalue weighted by atomic mass is 9.84. The smallest absolute Gasteiger partial charge is 0.108 e. The Bertz CT molecular complexity index is 444. The second-order valence-corrected chi connectivity index (χ2v) is 8.08. The van der Waals surface area contributed by atoms with Gasteiger partial charge in [-0.25, -0.2) is 4.68 Å². The minimum Gasteiger partial charge on any atom is -0.390 e. The molecule has 1 aliphatic heterocycles. The van der Waals surface area contributed by atoms with E-state index in [1.807, 2.05) is 10.9 Å². The number of aliphatic hydroxyl groups excluding tert-OH is 1. The maximum absolute atomic E-state index is 9.07. The first-order chi connectivity index (χ1) is 10.4. The zero-order valence-corrected chi connectivity index (χ0v) is 14.6. The Kier molecular flexibility index (Phi) is 5.98. The van der Waals surface area contributed by atoms with Crippen molar-refractivity contribution in [2.24, 2.45) is 11.3 Å². The van der Waals surface area contributed by atoms with Gasteiger partial charge in [0, 0.05) is 13.1 Å². The van der Waals surface area contributed by atoms with Crippen molar-refractivity contribution in [3.05, 3.63) is 11.9 Å². The number of piperidine rings is 1. The number of likely N-dealkylation sites (tertiary alicyclic amines) is 1. The third kappa shape index (κ3) is 5.36. The van der Waals surface area contributed by atoms with Gasteiger partial charge in [0.1, 0.15) is 5.69 Å². The first-order valence-electron chi connectivity index (χ1n) is 8.61. The van der Waals surface area contributed by atoms with E-state index in [9.17, 15) is 0 Å². The second kappa shape index (κ2) is 7.55.